The van der Waals surface area contributed by atoms with Crippen molar-refractivity contribution in [3.8, 4) is 76.7 Å². The highest BCUT2D eigenvalue weighted by Crippen LogP contribution is 2.41. The zero-order chi connectivity index (χ0) is 72.0. The molecule has 0 aliphatic carbocycles. The molecule has 8 nitrogen and oxygen atoms in total. The van der Waals surface area contributed by atoms with Crippen LogP contribution < -0.4 is 18.3 Å². The maximum Gasteiger partial charge on any atom is 0.289 e. The highest BCUT2D eigenvalue weighted by molar-refractivity contribution is 7.21. The fraction of sp³-hybridized carbons (Fsp3) is 0.283. The number of nitrogens with zero attached hydrogens (tertiary/aromatic N) is 8. The molecule has 0 aliphatic rings. The number of benzene rings is 7. The van der Waals surface area contributed by atoms with Gasteiger partial charge in [0.2, 0.25) is 22.8 Å². The third kappa shape index (κ3) is 16.1. The molecule has 0 unspecified atom stereocenters. The summed E-state index contributed by atoms with van der Waals surface area (Å²) in [4.78, 5) is 22.9. The van der Waals surface area contributed by atoms with Crippen LogP contribution in [-0.4, -0.2) is 19.9 Å². The molecule has 15 aromatic rings. The van der Waals surface area contributed by atoms with Crippen molar-refractivity contribution in [2.45, 2.75) is 152 Å². The minimum atomic E-state index is 0. The Morgan fingerprint density at radius 1 is 0.337 bits per heavy atom. The van der Waals surface area contributed by atoms with Crippen molar-refractivity contribution in [2.75, 3.05) is 0 Å². The van der Waals surface area contributed by atoms with E-state index in [2.05, 4.69) is 333 Å². The second kappa shape index (κ2) is 32.8. The van der Waals surface area contributed by atoms with Gasteiger partial charge in [-0.25, -0.2) is 19.9 Å². The average Bonchev–Trinajstić information content (AvgIpc) is 1.59. The van der Waals surface area contributed by atoms with E-state index in [-0.39, 0.29) is 22.3 Å². The van der Waals surface area contributed by atoms with Crippen LogP contribution in [0.5, 0.6) is 0 Å². The van der Waals surface area contributed by atoms with Gasteiger partial charge in [0.15, 0.2) is 6.20 Å². The minimum Gasteiger partial charge on any atom is -0.244 e. The molecule has 12 heteroatoms. The molecule has 8 heterocycles. The standard InChI is InChI=1S/C28H33N2S.C23H23N2S.C22H21N2S.C16H17N2S.3CH4/c1-16(2)21-10-9-11-22(17(3)4)26(21)27-29-24-12-13-25(30(8)28(24)31-27)23-15-18(5)14-19(6)20(23)7;1-14-6-8-18(9-7-14)22-24-20-10-11-21(25(5)23(20)26-22)19-13-15(2)12-16(3)17(19)4;1-14-12-15(2)16(3)18(13-14)20-11-10-19-22(24(20)4)25-21(23-19)17-8-6-5-7-9-17;1-10-5-11(2)12(3)13(6-10)15-7-14-16(8-18(15)4)19-9-17-14;;;/h9-17H,1-8H3;6-13H,1-5H3;5-13H,1-4H3;5-9H,1-4H3;3*1H4/q4*+1;;;. The zero-order valence-corrected chi connectivity index (χ0v) is 65.9. The predicted octanol–water partition coefficient (Wildman–Crippen LogP) is 24.3. The Balaban J connectivity index is 0.000000161. The second-order valence-corrected chi connectivity index (χ2v) is 32.0. The SMILES string of the molecule is C.C.C.Cc1cc(C)c(C)c(-c2cc3ncsc3c[n+]2C)c1.Cc1cc(C)c(C)c(-c2ccc3nc(-c4c(C(C)C)cccc4C(C)C)sc3[n+]2C)c1.Cc1cc(C)c(C)c(-c2ccc3nc(-c4ccccc4)sc3[n+]2C)c1.Cc1ccc(-c2nc3ccc(-c4cc(C)cc(C)c4C)[n+](C)c3s2)cc1. The Morgan fingerprint density at radius 2 is 0.692 bits per heavy atom. The molecule has 0 radical (unpaired) electrons. The number of aromatic nitrogens is 8. The number of hydrogen-bond acceptors (Lipinski definition) is 8. The third-order valence-corrected chi connectivity index (χ3v) is 24.3. The van der Waals surface area contributed by atoms with Gasteiger partial charge in [0.1, 0.15) is 64.5 Å². The Hall–Kier alpha value is -9.30. The highest BCUT2D eigenvalue weighted by atomic mass is 32.1. The van der Waals surface area contributed by atoms with Gasteiger partial charge in [0, 0.05) is 63.2 Å². The summed E-state index contributed by atoms with van der Waals surface area (Å²) in [5.41, 5.74) is 40.0. The maximum atomic E-state index is 5.12. The number of rotatable bonds is 9. The lowest BCUT2D eigenvalue weighted by atomic mass is 9.89. The quantitative estimate of drug-likeness (QED) is 0.135. The number of fused-ring (bicyclic) bond motifs is 4. The maximum absolute atomic E-state index is 5.12. The van der Waals surface area contributed by atoms with E-state index in [0.29, 0.717) is 11.8 Å². The van der Waals surface area contributed by atoms with E-state index in [9.17, 15) is 0 Å². The minimum absolute atomic E-state index is 0. The van der Waals surface area contributed by atoms with Crippen LogP contribution in [0, 0.1) is 90.0 Å². The molecule has 8 aromatic heterocycles. The number of thiazole rings is 4. The van der Waals surface area contributed by atoms with Crippen LogP contribution in [0.2, 0.25) is 0 Å². The highest BCUT2D eigenvalue weighted by Gasteiger charge is 2.27. The van der Waals surface area contributed by atoms with Gasteiger partial charge in [-0.2, -0.15) is 18.3 Å². The lowest BCUT2D eigenvalue weighted by Crippen LogP contribution is -2.31. The van der Waals surface area contributed by atoms with Crippen LogP contribution in [0.3, 0.4) is 0 Å². The first-order chi connectivity index (χ1) is 48.2. The molecular formula is C92H106N8S4+4. The molecular weight excluding hydrogens is 1350 g/mol. The number of hydrogen-bond donors (Lipinski definition) is 0. The van der Waals surface area contributed by atoms with E-state index in [1.807, 2.05) is 22.9 Å². The van der Waals surface area contributed by atoms with E-state index in [0.717, 1.165) is 37.1 Å². The summed E-state index contributed by atoms with van der Waals surface area (Å²) in [5, 5.41) is 3.28. The summed E-state index contributed by atoms with van der Waals surface area (Å²) in [7, 11) is 8.56. The third-order valence-electron chi connectivity index (χ3n) is 19.9. The van der Waals surface area contributed by atoms with Crippen LogP contribution in [0.15, 0.2) is 175 Å². The van der Waals surface area contributed by atoms with Crippen LogP contribution in [-0.2, 0) is 28.2 Å². The van der Waals surface area contributed by atoms with E-state index in [4.69, 9.17) is 15.0 Å². The van der Waals surface area contributed by atoms with Crippen molar-refractivity contribution in [2.24, 2.45) is 28.2 Å². The van der Waals surface area contributed by atoms with Gasteiger partial charge < -0.3 is 0 Å². The average molecular weight is 1450 g/mol. The van der Waals surface area contributed by atoms with Gasteiger partial charge in [-0.05, 0) is 234 Å². The van der Waals surface area contributed by atoms with Crippen molar-refractivity contribution >= 4 is 86.6 Å². The molecule has 15 rings (SSSR count). The smallest absolute Gasteiger partial charge is 0.244 e. The van der Waals surface area contributed by atoms with Gasteiger partial charge in [0.25, 0.3) is 14.5 Å². The zero-order valence-electron chi connectivity index (χ0n) is 62.6. The van der Waals surface area contributed by atoms with Crippen molar-refractivity contribution in [3.63, 3.8) is 0 Å². The number of aryl methyl sites for hydroxylation is 13. The van der Waals surface area contributed by atoms with Gasteiger partial charge in [-0.1, -0.05) is 175 Å². The Labute approximate surface area is 635 Å². The molecule has 0 saturated heterocycles. The van der Waals surface area contributed by atoms with E-state index < -0.39 is 0 Å². The van der Waals surface area contributed by atoms with Crippen molar-refractivity contribution in [1.82, 2.24) is 19.9 Å². The van der Waals surface area contributed by atoms with Gasteiger partial charge in [-0.3, -0.25) is 0 Å². The normalized spacial score (nSPS) is 11.1. The van der Waals surface area contributed by atoms with Crippen LogP contribution in [0.25, 0.3) is 118 Å². The summed E-state index contributed by atoms with van der Waals surface area (Å²) in [5.74, 6) is 0.922. The lowest BCUT2D eigenvalue weighted by molar-refractivity contribution is -0.659. The summed E-state index contributed by atoms with van der Waals surface area (Å²) >= 11 is 7.01. The molecule has 0 aliphatic heterocycles. The topological polar surface area (TPSA) is 67.1 Å². The van der Waals surface area contributed by atoms with Crippen LogP contribution in [0.4, 0.5) is 0 Å². The molecule has 0 saturated carbocycles. The molecule has 0 bridgehead atoms. The van der Waals surface area contributed by atoms with E-state index in [1.54, 1.807) is 34.0 Å². The molecule has 0 spiro atoms. The van der Waals surface area contributed by atoms with E-state index >= 15 is 0 Å². The molecule has 0 N–H and O–H groups in total. The summed E-state index contributed by atoms with van der Waals surface area (Å²) in [6, 6.07) is 59.1. The Morgan fingerprint density at radius 3 is 1.08 bits per heavy atom. The Kier molecular flexibility index (Phi) is 24.9. The van der Waals surface area contributed by atoms with E-state index in [1.165, 1.54) is 164 Å². The first kappa shape index (κ1) is 78.8. The summed E-state index contributed by atoms with van der Waals surface area (Å²) in [6.45, 7) is 37.4. The predicted molar refractivity (Wildman–Crippen MR) is 451 cm³/mol. The molecule has 534 valence electrons. The summed E-state index contributed by atoms with van der Waals surface area (Å²) in [6.07, 6.45) is 2.17. The van der Waals surface area contributed by atoms with Crippen molar-refractivity contribution in [3.05, 3.63) is 259 Å². The van der Waals surface area contributed by atoms with Crippen molar-refractivity contribution < 1.29 is 18.3 Å². The fourth-order valence-corrected chi connectivity index (χ4v) is 17.8. The Bertz CT molecular complexity index is 5600. The largest absolute Gasteiger partial charge is 0.289 e. The number of pyridine rings is 4. The molecule has 7 aromatic carbocycles. The second-order valence-electron chi connectivity index (χ2n) is 28.2. The van der Waals surface area contributed by atoms with Crippen LogP contribution in [0.1, 0.15) is 145 Å². The molecule has 104 heavy (non-hydrogen) atoms. The fourth-order valence-electron chi connectivity index (χ4n) is 13.8. The summed E-state index contributed by atoms with van der Waals surface area (Å²) < 4.78 is 10.3. The molecule has 0 fully saturated rings. The van der Waals surface area contributed by atoms with Crippen molar-refractivity contribution in [1.29, 1.82) is 0 Å². The van der Waals surface area contributed by atoms with Gasteiger partial charge in [0.05, 0.1) is 11.0 Å². The first-order valence-electron chi connectivity index (χ1n) is 34.9. The van der Waals surface area contributed by atoms with Crippen LogP contribution >= 0.6 is 45.3 Å². The van der Waals surface area contributed by atoms with Gasteiger partial charge >= 0.3 is 0 Å². The molecule has 0 atom stereocenters. The monoisotopic (exact) mass is 1450 g/mol. The first-order valence-corrected chi connectivity index (χ1v) is 38.3. The molecule has 0 amide bonds. The van der Waals surface area contributed by atoms with Gasteiger partial charge in [-0.15, -0.1) is 11.3 Å². The lowest BCUT2D eigenvalue weighted by Gasteiger charge is -2.17.